The normalized spacial score (nSPS) is 12.2. The quantitative estimate of drug-likeness (QED) is 0.179. The molecular weight excluding hydrogens is 252 g/mol. The summed E-state index contributed by atoms with van der Waals surface area (Å²) < 4.78 is 4.73. The maximum Gasteiger partial charge on any atom is 0.307 e. The highest BCUT2D eigenvalue weighted by atomic mass is 28.3. The van der Waals surface area contributed by atoms with E-state index in [9.17, 15) is 4.79 Å². The summed E-state index contributed by atoms with van der Waals surface area (Å²) >= 11 is 0. The van der Waals surface area contributed by atoms with Crippen LogP contribution in [0.4, 0.5) is 0 Å². The Kier molecular flexibility index (Phi) is 8.98. The predicted molar refractivity (Wildman–Crippen MR) is 84.3 cm³/mol. The molecule has 0 fully saturated rings. The Balaban J connectivity index is 3.75. The number of hydrogen-bond donors (Lipinski definition) is 0. The van der Waals surface area contributed by atoms with Gasteiger partial charge in [-0.05, 0) is 32.3 Å². The summed E-state index contributed by atoms with van der Waals surface area (Å²) in [5.41, 5.74) is 4.49. The maximum atomic E-state index is 10.6. The van der Waals surface area contributed by atoms with Gasteiger partial charge in [-0.25, -0.2) is 0 Å². The third kappa shape index (κ3) is 14.7. The highest BCUT2D eigenvalue weighted by molar-refractivity contribution is 6.83. The Morgan fingerprint density at radius 2 is 1.89 bits per heavy atom. The molecule has 0 unspecified atom stereocenters. The molecule has 0 amide bonds. The van der Waals surface area contributed by atoms with Gasteiger partial charge in [-0.2, -0.15) is 0 Å². The first kappa shape index (κ1) is 17.7. The Hall–Kier alpha value is -1.27. The minimum atomic E-state index is -1.19. The molecule has 0 aromatic carbocycles. The van der Waals surface area contributed by atoms with Crippen LogP contribution in [-0.2, 0) is 9.53 Å². The molecule has 0 spiro atoms. The molecule has 0 radical (unpaired) electrons. The van der Waals surface area contributed by atoms with E-state index in [0.29, 0.717) is 0 Å². The lowest BCUT2D eigenvalue weighted by Crippen LogP contribution is -2.16. The number of carbonyl (C=O) groups is 1. The van der Waals surface area contributed by atoms with Crippen molar-refractivity contribution in [2.75, 3.05) is 0 Å². The van der Waals surface area contributed by atoms with Gasteiger partial charge in [0.05, 0.1) is 6.26 Å². The van der Waals surface area contributed by atoms with Gasteiger partial charge in [-0.15, -0.1) is 11.5 Å². The lowest BCUT2D eigenvalue weighted by Gasteiger charge is -2.03. The number of rotatable bonds is 6. The van der Waals surface area contributed by atoms with Crippen molar-refractivity contribution in [2.24, 2.45) is 0 Å². The summed E-state index contributed by atoms with van der Waals surface area (Å²) in [6.45, 7) is 10.2. The lowest BCUT2D eigenvalue weighted by molar-refractivity contribution is -0.135. The molecule has 2 nitrogen and oxygen atoms in total. The van der Waals surface area contributed by atoms with Gasteiger partial charge >= 0.3 is 5.97 Å². The maximum absolute atomic E-state index is 10.6. The van der Waals surface area contributed by atoms with Gasteiger partial charge in [0, 0.05) is 13.3 Å². The van der Waals surface area contributed by atoms with Crippen LogP contribution in [-0.4, -0.2) is 14.0 Å². The minimum Gasteiger partial charge on any atom is -0.435 e. The summed E-state index contributed by atoms with van der Waals surface area (Å²) in [4.78, 5) is 10.6. The van der Waals surface area contributed by atoms with Crippen molar-refractivity contribution in [1.29, 1.82) is 0 Å². The molecule has 106 valence electrons. The summed E-state index contributed by atoms with van der Waals surface area (Å²) in [5, 5.41) is 0. The number of ether oxygens (including phenoxy) is 1. The van der Waals surface area contributed by atoms with E-state index in [-0.39, 0.29) is 5.97 Å². The van der Waals surface area contributed by atoms with Crippen LogP contribution in [0.3, 0.4) is 0 Å². The Morgan fingerprint density at radius 1 is 1.21 bits per heavy atom. The molecule has 0 aliphatic heterocycles. The summed E-state index contributed by atoms with van der Waals surface area (Å²) in [6, 6.07) is 0. The first-order valence-corrected chi connectivity index (χ1v) is 10.3. The van der Waals surface area contributed by atoms with Gasteiger partial charge in [-0.1, -0.05) is 31.3 Å². The Morgan fingerprint density at radius 3 is 2.47 bits per heavy atom. The van der Waals surface area contributed by atoms with E-state index in [1.165, 1.54) is 13.2 Å². The Labute approximate surface area is 118 Å². The highest BCUT2D eigenvalue weighted by Gasteiger charge is 2.06. The summed E-state index contributed by atoms with van der Waals surface area (Å²) in [6.07, 6.45) is 9.76. The van der Waals surface area contributed by atoms with Crippen LogP contribution in [0.5, 0.6) is 0 Å². The zero-order chi connectivity index (χ0) is 14.7. The van der Waals surface area contributed by atoms with E-state index in [1.54, 1.807) is 0 Å². The number of carbonyl (C=O) groups excluding carboxylic acids is 1. The van der Waals surface area contributed by atoms with Crippen molar-refractivity contribution in [1.82, 2.24) is 0 Å². The highest BCUT2D eigenvalue weighted by Crippen LogP contribution is 2.05. The predicted octanol–water partition coefficient (Wildman–Crippen LogP) is 4.45. The van der Waals surface area contributed by atoms with Crippen LogP contribution in [0, 0.1) is 11.5 Å². The fourth-order valence-electron chi connectivity index (χ4n) is 1.32. The second-order valence-corrected chi connectivity index (χ2v) is 10.4. The van der Waals surface area contributed by atoms with Gasteiger partial charge in [0.25, 0.3) is 0 Å². The van der Waals surface area contributed by atoms with Crippen LogP contribution < -0.4 is 0 Å². The topological polar surface area (TPSA) is 26.3 Å². The monoisotopic (exact) mass is 278 g/mol. The fraction of sp³-hybridized carbons (Fsp3) is 0.562. The molecule has 0 aromatic heterocycles. The van der Waals surface area contributed by atoms with Gasteiger partial charge in [0.2, 0.25) is 0 Å². The molecule has 0 bridgehead atoms. The number of esters is 1. The summed E-state index contributed by atoms with van der Waals surface area (Å²) in [5.74, 6) is 2.99. The molecule has 3 heteroatoms. The van der Waals surface area contributed by atoms with Crippen molar-refractivity contribution in [3.63, 3.8) is 0 Å². The van der Waals surface area contributed by atoms with E-state index in [1.807, 2.05) is 13.0 Å². The zero-order valence-corrected chi connectivity index (χ0v) is 13.9. The third-order valence-electron chi connectivity index (χ3n) is 2.25. The fourth-order valence-corrected chi connectivity index (χ4v) is 1.98. The van der Waals surface area contributed by atoms with E-state index < -0.39 is 8.07 Å². The molecule has 0 aliphatic rings. The minimum absolute atomic E-state index is 0.287. The van der Waals surface area contributed by atoms with E-state index >= 15 is 0 Å². The standard InChI is InChI=1S/C16H26O2Si/c1-15(12-13-18-16(2)17)11-9-7-6-8-10-14-19(3,4)5/h11-13H,6-9H2,1-5H3/b13-12+,15-11+. The molecule has 0 atom stereocenters. The SMILES string of the molecule is CC(=O)O/C=C/C(C)=C/CCCCC#C[Si](C)(C)C. The molecule has 0 saturated heterocycles. The Bertz CT molecular complexity index is 389. The van der Waals surface area contributed by atoms with Crippen molar-refractivity contribution in [3.05, 3.63) is 24.0 Å². The van der Waals surface area contributed by atoms with Crippen LogP contribution in [0.1, 0.15) is 39.5 Å². The molecular formula is C16H26O2Si. The lowest BCUT2D eigenvalue weighted by atomic mass is 10.1. The van der Waals surface area contributed by atoms with Crippen LogP contribution in [0.15, 0.2) is 24.0 Å². The van der Waals surface area contributed by atoms with E-state index in [4.69, 9.17) is 4.74 Å². The van der Waals surface area contributed by atoms with Crippen LogP contribution in [0.2, 0.25) is 19.6 Å². The largest absolute Gasteiger partial charge is 0.435 e. The smallest absolute Gasteiger partial charge is 0.307 e. The average molecular weight is 278 g/mol. The van der Waals surface area contributed by atoms with Gasteiger partial charge in [0.1, 0.15) is 8.07 Å². The molecule has 0 aromatic rings. The van der Waals surface area contributed by atoms with E-state index in [2.05, 4.69) is 37.2 Å². The second-order valence-electron chi connectivity index (χ2n) is 5.66. The second kappa shape index (κ2) is 9.63. The van der Waals surface area contributed by atoms with Crippen LogP contribution in [0.25, 0.3) is 0 Å². The number of unbranched alkanes of at least 4 members (excludes halogenated alkanes) is 3. The van der Waals surface area contributed by atoms with Crippen LogP contribution >= 0.6 is 0 Å². The number of allylic oxidation sites excluding steroid dienone is 3. The summed E-state index contributed by atoms with van der Waals surface area (Å²) in [7, 11) is -1.19. The first-order chi connectivity index (χ1) is 8.81. The molecule has 0 rings (SSSR count). The molecule has 0 N–H and O–H groups in total. The van der Waals surface area contributed by atoms with Crippen molar-refractivity contribution in [3.8, 4) is 11.5 Å². The van der Waals surface area contributed by atoms with Crippen molar-refractivity contribution in [2.45, 2.75) is 59.2 Å². The van der Waals surface area contributed by atoms with E-state index in [0.717, 1.165) is 31.3 Å². The molecule has 0 saturated carbocycles. The third-order valence-corrected chi connectivity index (χ3v) is 3.18. The first-order valence-electron chi connectivity index (χ1n) is 6.82. The molecule has 0 heterocycles. The van der Waals surface area contributed by atoms with Gasteiger partial charge < -0.3 is 4.74 Å². The van der Waals surface area contributed by atoms with Crippen molar-refractivity contribution >= 4 is 14.0 Å². The molecule has 19 heavy (non-hydrogen) atoms. The number of hydrogen-bond acceptors (Lipinski definition) is 2. The zero-order valence-electron chi connectivity index (χ0n) is 12.9. The van der Waals surface area contributed by atoms with Gasteiger partial charge in [0.15, 0.2) is 0 Å². The van der Waals surface area contributed by atoms with Gasteiger partial charge in [-0.3, -0.25) is 4.79 Å². The average Bonchev–Trinajstić information content (AvgIpc) is 2.25. The molecule has 0 aliphatic carbocycles. The van der Waals surface area contributed by atoms with Crippen molar-refractivity contribution < 1.29 is 9.53 Å².